The zero-order chi connectivity index (χ0) is 45.2. The van der Waals surface area contributed by atoms with Crippen LogP contribution in [0.2, 0.25) is 0 Å². The number of esters is 1. The number of hydrogen-bond acceptors (Lipinski definition) is 5. The molecule has 0 heterocycles. The molecule has 0 rings (SSSR count). The number of allylic oxidation sites excluding steroid dienone is 8. The largest absolute Gasteiger partial charge is 0.462 e. The molecule has 3 N–H and O–H groups in total. The van der Waals surface area contributed by atoms with Crippen molar-refractivity contribution in [2.45, 2.75) is 289 Å². The maximum atomic E-state index is 13.2. The molecule has 3 unspecified atom stereocenters. The van der Waals surface area contributed by atoms with Gasteiger partial charge in [0, 0.05) is 6.42 Å². The Balaban J connectivity index is 4.51. The quantitative estimate of drug-likeness (QED) is 0.0322. The second-order valence-electron chi connectivity index (χ2n) is 18.4. The molecule has 0 spiro atoms. The van der Waals surface area contributed by atoms with E-state index < -0.39 is 18.2 Å². The maximum absolute atomic E-state index is 13.2. The SMILES string of the molecule is CCCCC/C=C/C=C/C=C/C=C/CCCCCCCC(=O)OC(CCCCCCCCCCCC)CC(=O)NC(CO)C(O)CCCCCCCCCCCCCCCCC. The van der Waals surface area contributed by atoms with Crippen molar-refractivity contribution in [2.24, 2.45) is 0 Å². The van der Waals surface area contributed by atoms with Crippen molar-refractivity contribution in [2.75, 3.05) is 6.61 Å². The molecule has 0 fully saturated rings. The Bertz CT molecular complexity index is 1070. The first-order chi connectivity index (χ1) is 30.5. The minimum atomic E-state index is -0.790. The van der Waals surface area contributed by atoms with Crippen LogP contribution in [0.3, 0.4) is 0 Å². The number of aliphatic hydroxyl groups excluding tert-OH is 2. The van der Waals surface area contributed by atoms with Gasteiger partial charge in [-0.05, 0) is 51.4 Å². The van der Waals surface area contributed by atoms with Gasteiger partial charge in [-0.15, -0.1) is 0 Å². The van der Waals surface area contributed by atoms with Crippen LogP contribution in [0.4, 0.5) is 0 Å². The Hall–Kier alpha value is -2.18. The Morgan fingerprint density at radius 3 is 1.27 bits per heavy atom. The van der Waals surface area contributed by atoms with E-state index in [9.17, 15) is 19.8 Å². The lowest BCUT2D eigenvalue weighted by atomic mass is 10.0. The first-order valence-electron chi connectivity index (χ1n) is 26.9. The lowest BCUT2D eigenvalue weighted by molar-refractivity contribution is -0.151. The van der Waals surface area contributed by atoms with Gasteiger partial charge in [-0.1, -0.05) is 256 Å². The van der Waals surface area contributed by atoms with E-state index in [1.807, 2.05) is 0 Å². The summed E-state index contributed by atoms with van der Waals surface area (Å²) in [7, 11) is 0. The number of carbonyl (C=O) groups is 2. The molecule has 0 aliphatic heterocycles. The molecular formula is C56H103NO5. The fourth-order valence-electron chi connectivity index (χ4n) is 8.15. The number of nitrogens with one attached hydrogen (secondary N) is 1. The van der Waals surface area contributed by atoms with Gasteiger partial charge in [-0.25, -0.2) is 0 Å². The summed E-state index contributed by atoms with van der Waals surface area (Å²) in [5.74, 6) is -0.492. The normalized spacial score (nSPS) is 13.6. The van der Waals surface area contributed by atoms with Crippen LogP contribution < -0.4 is 5.32 Å². The van der Waals surface area contributed by atoms with Gasteiger partial charge in [0.15, 0.2) is 0 Å². The van der Waals surface area contributed by atoms with Gasteiger partial charge >= 0.3 is 5.97 Å². The predicted octanol–water partition coefficient (Wildman–Crippen LogP) is 16.2. The molecular weight excluding hydrogens is 767 g/mol. The van der Waals surface area contributed by atoms with Crippen molar-refractivity contribution in [1.82, 2.24) is 5.32 Å². The highest BCUT2D eigenvalue weighted by atomic mass is 16.5. The molecule has 0 aromatic carbocycles. The minimum absolute atomic E-state index is 0.0700. The third kappa shape index (κ3) is 44.4. The van der Waals surface area contributed by atoms with E-state index in [0.29, 0.717) is 19.3 Å². The fraction of sp³-hybridized carbons (Fsp3) is 0.821. The summed E-state index contributed by atoms with van der Waals surface area (Å²) in [5.41, 5.74) is 0. The first-order valence-corrected chi connectivity index (χ1v) is 26.9. The summed E-state index contributed by atoms with van der Waals surface area (Å²) in [4.78, 5) is 26.1. The monoisotopic (exact) mass is 870 g/mol. The Labute approximate surface area is 385 Å². The fourth-order valence-corrected chi connectivity index (χ4v) is 8.15. The highest BCUT2D eigenvalue weighted by Gasteiger charge is 2.24. The number of ether oxygens (including phenoxy) is 1. The first kappa shape index (κ1) is 59.8. The van der Waals surface area contributed by atoms with Crippen LogP contribution in [0, 0.1) is 0 Å². The molecule has 0 radical (unpaired) electrons. The summed E-state index contributed by atoms with van der Waals surface area (Å²) in [6, 6.07) is -0.704. The molecule has 0 aliphatic rings. The van der Waals surface area contributed by atoms with Gasteiger partial charge < -0.3 is 20.3 Å². The van der Waals surface area contributed by atoms with Crippen LogP contribution in [0.25, 0.3) is 0 Å². The van der Waals surface area contributed by atoms with Gasteiger partial charge in [0.2, 0.25) is 5.91 Å². The van der Waals surface area contributed by atoms with Crippen LogP contribution in [0.1, 0.15) is 271 Å². The smallest absolute Gasteiger partial charge is 0.306 e. The number of carbonyl (C=O) groups excluding carboxylic acids is 2. The number of aliphatic hydroxyl groups is 2. The average molecular weight is 870 g/mol. The van der Waals surface area contributed by atoms with Crippen LogP contribution in [0.5, 0.6) is 0 Å². The zero-order valence-corrected chi connectivity index (χ0v) is 41.3. The summed E-state index contributed by atoms with van der Waals surface area (Å²) >= 11 is 0. The van der Waals surface area contributed by atoms with E-state index in [2.05, 4.69) is 74.7 Å². The van der Waals surface area contributed by atoms with Crippen molar-refractivity contribution in [3.8, 4) is 0 Å². The van der Waals surface area contributed by atoms with E-state index in [0.717, 1.165) is 77.0 Å². The molecule has 3 atom stereocenters. The molecule has 0 aliphatic carbocycles. The molecule has 1 amide bonds. The Morgan fingerprint density at radius 2 is 0.823 bits per heavy atom. The lowest BCUT2D eigenvalue weighted by Crippen LogP contribution is -2.46. The summed E-state index contributed by atoms with van der Waals surface area (Å²) in [6.07, 6.45) is 60.2. The molecule has 0 saturated carbocycles. The summed E-state index contributed by atoms with van der Waals surface area (Å²) in [6.45, 7) is 6.45. The number of rotatable bonds is 48. The molecule has 0 aromatic heterocycles. The van der Waals surface area contributed by atoms with Crippen LogP contribution >= 0.6 is 0 Å². The van der Waals surface area contributed by atoms with Crippen LogP contribution in [-0.4, -0.2) is 46.9 Å². The predicted molar refractivity (Wildman–Crippen MR) is 269 cm³/mol. The molecule has 6 heteroatoms. The summed E-state index contributed by atoms with van der Waals surface area (Å²) < 4.78 is 5.92. The van der Waals surface area contributed by atoms with Crippen LogP contribution in [-0.2, 0) is 14.3 Å². The number of amides is 1. The van der Waals surface area contributed by atoms with E-state index in [4.69, 9.17) is 4.74 Å². The molecule has 6 nitrogen and oxygen atoms in total. The second-order valence-corrected chi connectivity index (χ2v) is 18.4. The van der Waals surface area contributed by atoms with Crippen molar-refractivity contribution >= 4 is 11.9 Å². The van der Waals surface area contributed by atoms with Gasteiger partial charge in [-0.2, -0.15) is 0 Å². The Morgan fingerprint density at radius 1 is 0.468 bits per heavy atom. The number of hydrogen-bond donors (Lipinski definition) is 3. The van der Waals surface area contributed by atoms with E-state index in [1.165, 1.54) is 148 Å². The van der Waals surface area contributed by atoms with E-state index in [-0.39, 0.29) is 24.9 Å². The minimum Gasteiger partial charge on any atom is -0.462 e. The Kier molecular flexibility index (Phi) is 48.1. The molecule has 362 valence electrons. The van der Waals surface area contributed by atoms with Gasteiger partial charge in [-0.3, -0.25) is 9.59 Å². The van der Waals surface area contributed by atoms with Gasteiger partial charge in [0.1, 0.15) is 6.10 Å². The standard InChI is InChI=1S/C56H103NO5/c1-4-7-10-13-16-19-22-24-26-27-28-30-32-34-37-40-43-46-49-56(61)62-52(47-44-41-38-35-21-18-15-12-9-6-3)50-55(60)57-53(51-58)54(59)48-45-42-39-36-33-31-29-25-23-20-17-14-11-8-5-2/h16,19,22,24,26-28,30,52-54,58-59H,4-15,17-18,20-21,23,25,29,31-51H2,1-3H3,(H,57,60)/b19-16+,24-22+,27-26+,30-28+. The van der Waals surface area contributed by atoms with E-state index >= 15 is 0 Å². The highest BCUT2D eigenvalue weighted by molar-refractivity contribution is 5.77. The van der Waals surface area contributed by atoms with Crippen LogP contribution in [0.15, 0.2) is 48.6 Å². The van der Waals surface area contributed by atoms with Crippen molar-refractivity contribution in [1.29, 1.82) is 0 Å². The van der Waals surface area contributed by atoms with E-state index in [1.54, 1.807) is 0 Å². The average Bonchev–Trinajstić information content (AvgIpc) is 3.26. The van der Waals surface area contributed by atoms with Crippen molar-refractivity contribution in [3.05, 3.63) is 48.6 Å². The zero-order valence-electron chi connectivity index (χ0n) is 41.3. The lowest BCUT2D eigenvalue weighted by Gasteiger charge is -2.24. The molecule has 62 heavy (non-hydrogen) atoms. The third-order valence-electron chi connectivity index (χ3n) is 12.3. The maximum Gasteiger partial charge on any atom is 0.306 e. The second kappa shape index (κ2) is 49.8. The van der Waals surface area contributed by atoms with Crippen molar-refractivity contribution in [3.63, 3.8) is 0 Å². The summed E-state index contributed by atoms with van der Waals surface area (Å²) in [5, 5.41) is 23.8. The molecule has 0 aromatic rings. The topological polar surface area (TPSA) is 95.9 Å². The van der Waals surface area contributed by atoms with Crippen molar-refractivity contribution < 1.29 is 24.5 Å². The van der Waals surface area contributed by atoms with Gasteiger partial charge in [0.25, 0.3) is 0 Å². The number of unbranched alkanes of at least 4 members (excludes halogenated alkanes) is 31. The molecule has 0 bridgehead atoms. The van der Waals surface area contributed by atoms with Gasteiger partial charge in [0.05, 0.1) is 25.2 Å². The third-order valence-corrected chi connectivity index (χ3v) is 12.3. The highest BCUT2D eigenvalue weighted by Crippen LogP contribution is 2.18. The molecule has 0 saturated heterocycles.